The van der Waals surface area contributed by atoms with Crippen LogP contribution < -0.4 is 10.6 Å². The average molecular weight is 357 g/mol. The molecular formula is C16H27N3O6. The summed E-state index contributed by atoms with van der Waals surface area (Å²) in [6.45, 7) is 7.48. The molecule has 25 heavy (non-hydrogen) atoms. The Labute approximate surface area is 147 Å². The molecular weight excluding hydrogens is 330 g/mol. The number of likely N-dealkylation sites (tertiary alicyclic amines) is 1. The summed E-state index contributed by atoms with van der Waals surface area (Å²) in [5.41, 5.74) is -0.731. The Morgan fingerprint density at radius 2 is 1.92 bits per heavy atom. The van der Waals surface area contributed by atoms with E-state index in [0.29, 0.717) is 19.5 Å². The summed E-state index contributed by atoms with van der Waals surface area (Å²) in [5, 5.41) is 14.0. The molecule has 0 aromatic carbocycles. The third kappa shape index (κ3) is 7.86. The van der Waals surface area contributed by atoms with Gasteiger partial charge in [-0.2, -0.15) is 0 Å². The van der Waals surface area contributed by atoms with Gasteiger partial charge in [0, 0.05) is 32.5 Å². The van der Waals surface area contributed by atoms with Crippen LogP contribution in [0.5, 0.6) is 0 Å². The van der Waals surface area contributed by atoms with Crippen molar-refractivity contribution in [3.05, 3.63) is 0 Å². The Bertz CT molecular complexity index is 528. The SMILES string of the molecule is CC(=O)N1CC[C@@H](NC(=O)[C@H](CCC(=O)O)NC(=O)OC(C)(C)C)C1. The van der Waals surface area contributed by atoms with Crippen molar-refractivity contribution >= 4 is 23.9 Å². The van der Waals surface area contributed by atoms with E-state index in [1.807, 2.05) is 0 Å². The van der Waals surface area contributed by atoms with Gasteiger partial charge in [0.2, 0.25) is 11.8 Å². The van der Waals surface area contributed by atoms with Crippen LogP contribution in [-0.2, 0) is 19.1 Å². The lowest BCUT2D eigenvalue weighted by atomic mass is 10.1. The molecule has 3 amide bonds. The van der Waals surface area contributed by atoms with Crippen molar-refractivity contribution in [3.63, 3.8) is 0 Å². The Morgan fingerprint density at radius 1 is 1.28 bits per heavy atom. The fourth-order valence-corrected chi connectivity index (χ4v) is 2.45. The molecule has 1 saturated heterocycles. The number of alkyl carbamates (subject to hydrolysis) is 1. The third-order valence-electron chi connectivity index (χ3n) is 3.63. The van der Waals surface area contributed by atoms with Crippen molar-refractivity contribution in [1.82, 2.24) is 15.5 Å². The molecule has 0 radical (unpaired) electrons. The van der Waals surface area contributed by atoms with E-state index in [4.69, 9.17) is 9.84 Å². The van der Waals surface area contributed by atoms with Gasteiger partial charge in [-0.15, -0.1) is 0 Å². The van der Waals surface area contributed by atoms with E-state index in [1.165, 1.54) is 6.92 Å². The number of nitrogens with zero attached hydrogens (tertiary/aromatic N) is 1. The van der Waals surface area contributed by atoms with Crippen LogP contribution in [0.25, 0.3) is 0 Å². The lowest BCUT2D eigenvalue weighted by Crippen LogP contribution is -2.51. The quantitative estimate of drug-likeness (QED) is 0.635. The van der Waals surface area contributed by atoms with Crippen LogP contribution in [-0.4, -0.2) is 64.7 Å². The Hall–Kier alpha value is -2.32. The molecule has 3 N–H and O–H groups in total. The van der Waals surface area contributed by atoms with Crippen LogP contribution in [0.1, 0.15) is 47.0 Å². The molecule has 1 aliphatic heterocycles. The Balaban J connectivity index is 2.64. The predicted molar refractivity (Wildman–Crippen MR) is 88.8 cm³/mol. The summed E-state index contributed by atoms with van der Waals surface area (Å²) in [7, 11) is 0. The number of carboxylic acid groups (broad SMARTS) is 1. The summed E-state index contributed by atoms with van der Waals surface area (Å²) in [6.07, 6.45) is -0.486. The standard InChI is InChI=1S/C16H27N3O6/c1-10(20)19-8-7-11(9-19)17-14(23)12(5-6-13(21)22)18-15(24)25-16(2,3)4/h11-12H,5-9H2,1-4H3,(H,17,23)(H,18,24)(H,21,22)/t11-,12+/m1/s1. The van der Waals surface area contributed by atoms with E-state index in [9.17, 15) is 19.2 Å². The summed E-state index contributed by atoms with van der Waals surface area (Å²) in [4.78, 5) is 48.0. The highest BCUT2D eigenvalue weighted by atomic mass is 16.6. The topological polar surface area (TPSA) is 125 Å². The van der Waals surface area contributed by atoms with Crippen molar-refractivity contribution in [2.75, 3.05) is 13.1 Å². The smallest absolute Gasteiger partial charge is 0.408 e. The molecule has 0 aromatic rings. The van der Waals surface area contributed by atoms with Crippen LogP contribution in [0, 0.1) is 0 Å². The minimum atomic E-state index is -1.06. The summed E-state index contributed by atoms with van der Waals surface area (Å²) >= 11 is 0. The van der Waals surface area contributed by atoms with E-state index in [2.05, 4.69) is 10.6 Å². The van der Waals surface area contributed by atoms with Gasteiger partial charge in [0.1, 0.15) is 11.6 Å². The van der Waals surface area contributed by atoms with Crippen molar-refractivity contribution in [1.29, 1.82) is 0 Å². The monoisotopic (exact) mass is 357 g/mol. The van der Waals surface area contributed by atoms with Gasteiger partial charge in [0.25, 0.3) is 0 Å². The summed E-state index contributed by atoms with van der Waals surface area (Å²) in [5.74, 6) is -1.61. The zero-order valence-electron chi connectivity index (χ0n) is 15.1. The van der Waals surface area contributed by atoms with E-state index >= 15 is 0 Å². The van der Waals surface area contributed by atoms with Crippen LogP contribution in [0.2, 0.25) is 0 Å². The highest BCUT2D eigenvalue weighted by Crippen LogP contribution is 2.11. The number of nitrogens with one attached hydrogen (secondary N) is 2. The number of rotatable bonds is 6. The molecule has 1 heterocycles. The van der Waals surface area contributed by atoms with Gasteiger partial charge in [0.15, 0.2) is 0 Å². The fourth-order valence-electron chi connectivity index (χ4n) is 2.45. The molecule has 1 rings (SSSR count). The van der Waals surface area contributed by atoms with Crippen molar-refractivity contribution < 1.29 is 29.0 Å². The number of hydrogen-bond acceptors (Lipinski definition) is 5. The molecule has 0 bridgehead atoms. The van der Waals surface area contributed by atoms with Gasteiger partial charge in [-0.1, -0.05) is 0 Å². The van der Waals surface area contributed by atoms with Gasteiger partial charge >= 0.3 is 12.1 Å². The molecule has 0 aliphatic carbocycles. The van der Waals surface area contributed by atoms with Crippen molar-refractivity contribution in [3.8, 4) is 0 Å². The minimum Gasteiger partial charge on any atom is -0.481 e. The van der Waals surface area contributed by atoms with Gasteiger partial charge < -0.3 is 25.4 Å². The first-order chi connectivity index (χ1) is 11.5. The van der Waals surface area contributed by atoms with Crippen molar-refractivity contribution in [2.24, 2.45) is 0 Å². The Kier molecular flexibility index (Phi) is 7.20. The van der Waals surface area contributed by atoms with Gasteiger partial charge in [-0.25, -0.2) is 4.79 Å². The van der Waals surface area contributed by atoms with Crippen LogP contribution in [0.3, 0.4) is 0 Å². The molecule has 1 aliphatic rings. The van der Waals surface area contributed by atoms with Crippen LogP contribution in [0.4, 0.5) is 4.79 Å². The van der Waals surface area contributed by atoms with E-state index in [-0.39, 0.29) is 24.8 Å². The largest absolute Gasteiger partial charge is 0.481 e. The lowest BCUT2D eigenvalue weighted by molar-refractivity contribution is -0.137. The molecule has 0 saturated carbocycles. The molecule has 9 nitrogen and oxygen atoms in total. The van der Waals surface area contributed by atoms with Gasteiger partial charge in [0.05, 0.1) is 0 Å². The molecule has 0 aromatic heterocycles. The second kappa shape index (κ2) is 8.68. The van der Waals surface area contributed by atoms with E-state index in [0.717, 1.165) is 0 Å². The highest BCUT2D eigenvalue weighted by Gasteiger charge is 2.30. The molecule has 2 atom stereocenters. The van der Waals surface area contributed by atoms with Crippen LogP contribution >= 0.6 is 0 Å². The van der Waals surface area contributed by atoms with Crippen molar-refractivity contribution in [2.45, 2.75) is 64.6 Å². The lowest BCUT2D eigenvalue weighted by Gasteiger charge is -2.24. The maximum atomic E-state index is 12.4. The highest BCUT2D eigenvalue weighted by molar-refractivity contribution is 5.86. The first-order valence-electron chi connectivity index (χ1n) is 8.25. The number of carbonyl (C=O) groups is 4. The maximum Gasteiger partial charge on any atom is 0.408 e. The summed E-state index contributed by atoms with van der Waals surface area (Å²) < 4.78 is 5.11. The second-order valence-corrected chi connectivity index (χ2v) is 7.09. The summed E-state index contributed by atoms with van der Waals surface area (Å²) in [6, 6.07) is -1.23. The fraction of sp³-hybridized carbons (Fsp3) is 0.750. The molecule has 9 heteroatoms. The number of carboxylic acids is 1. The molecule has 0 spiro atoms. The van der Waals surface area contributed by atoms with Gasteiger partial charge in [-0.05, 0) is 33.6 Å². The second-order valence-electron chi connectivity index (χ2n) is 7.09. The number of hydrogen-bond donors (Lipinski definition) is 3. The zero-order valence-corrected chi connectivity index (χ0v) is 15.1. The number of aliphatic carboxylic acids is 1. The number of amides is 3. The molecule has 1 fully saturated rings. The minimum absolute atomic E-state index is 0.0520. The number of ether oxygens (including phenoxy) is 1. The van der Waals surface area contributed by atoms with E-state index < -0.39 is 29.6 Å². The molecule has 142 valence electrons. The molecule has 0 unspecified atom stereocenters. The number of carbonyl (C=O) groups excluding carboxylic acids is 3. The normalized spacial score (nSPS) is 18.4. The first-order valence-corrected chi connectivity index (χ1v) is 8.25. The third-order valence-corrected chi connectivity index (χ3v) is 3.63. The first kappa shape index (κ1) is 20.7. The van der Waals surface area contributed by atoms with E-state index in [1.54, 1.807) is 25.7 Å². The Morgan fingerprint density at radius 3 is 2.40 bits per heavy atom. The van der Waals surface area contributed by atoms with Gasteiger partial charge in [-0.3, -0.25) is 14.4 Å². The maximum absolute atomic E-state index is 12.4. The average Bonchev–Trinajstić information content (AvgIpc) is 2.89. The predicted octanol–water partition coefficient (Wildman–Crippen LogP) is 0.482. The van der Waals surface area contributed by atoms with Crippen LogP contribution in [0.15, 0.2) is 0 Å². The zero-order chi connectivity index (χ0) is 19.2.